The van der Waals surface area contributed by atoms with Crippen LogP contribution in [0.2, 0.25) is 0 Å². The Balaban J connectivity index is 0.000000124. The summed E-state index contributed by atoms with van der Waals surface area (Å²) in [4.78, 5) is 36.5. The van der Waals surface area contributed by atoms with Crippen molar-refractivity contribution in [2.45, 2.75) is 165 Å². The van der Waals surface area contributed by atoms with Gasteiger partial charge < -0.3 is 5.11 Å². The molecule has 0 bridgehead atoms. The average molecular weight is 957 g/mol. The highest BCUT2D eigenvalue weighted by Gasteiger charge is 2.49. The van der Waals surface area contributed by atoms with E-state index in [1.54, 1.807) is 0 Å². The highest BCUT2D eigenvalue weighted by molar-refractivity contribution is 5.81. The van der Waals surface area contributed by atoms with Crippen molar-refractivity contribution < 1.29 is 19.5 Å². The number of ketones is 3. The minimum absolute atomic E-state index is 0.0365. The summed E-state index contributed by atoms with van der Waals surface area (Å²) >= 11 is 0. The fourth-order valence-corrected chi connectivity index (χ4v) is 15.2. The van der Waals surface area contributed by atoms with E-state index in [0.717, 1.165) is 96.3 Å². The molecule has 0 aromatic heterocycles. The Kier molecular flexibility index (Phi) is 15.0. The molecule has 0 aliphatic heterocycles. The molecule has 3 fully saturated rings. The lowest BCUT2D eigenvalue weighted by atomic mass is 9.59. The van der Waals surface area contributed by atoms with Crippen molar-refractivity contribution in [1.29, 1.82) is 0 Å². The minimum Gasteiger partial charge on any atom is -0.508 e. The number of aryl methyl sites for hydroxylation is 5. The van der Waals surface area contributed by atoms with Gasteiger partial charge in [0.15, 0.2) is 0 Å². The Morgan fingerprint density at radius 2 is 0.722 bits per heavy atom. The van der Waals surface area contributed by atoms with Gasteiger partial charge in [-0.15, -0.1) is 0 Å². The van der Waals surface area contributed by atoms with E-state index >= 15 is 0 Å². The number of Topliss-reactive ketones (excluding diaryl/α,β-unsaturated/α-hetero) is 3. The van der Waals surface area contributed by atoms with E-state index < -0.39 is 0 Å². The molecule has 0 saturated heterocycles. The second-order valence-electron chi connectivity index (χ2n) is 23.1. The van der Waals surface area contributed by atoms with Crippen LogP contribution in [-0.2, 0) is 69.2 Å². The van der Waals surface area contributed by atoms with Crippen LogP contribution in [0.1, 0.15) is 158 Å². The van der Waals surface area contributed by atoms with E-state index in [1.807, 2.05) is 12.1 Å². The molecule has 12 rings (SSSR count). The van der Waals surface area contributed by atoms with Crippen LogP contribution in [0.25, 0.3) is 0 Å². The molecule has 4 nitrogen and oxygen atoms in total. The number of hydrogen-bond donors (Lipinski definition) is 1. The first-order chi connectivity index (χ1) is 35.0. The van der Waals surface area contributed by atoms with Crippen LogP contribution in [0.15, 0.2) is 146 Å². The molecule has 4 heteroatoms. The summed E-state index contributed by atoms with van der Waals surface area (Å²) in [6.45, 7) is 4.38. The first-order valence-corrected chi connectivity index (χ1v) is 27.7. The number of fused-ring (bicyclic) bond motifs is 9. The highest BCUT2D eigenvalue weighted by Crippen LogP contribution is 2.53. The van der Waals surface area contributed by atoms with Gasteiger partial charge in [-0.25, -0.2) is 0 Å². The van der Waals surface area contributed by atoms with E-state index in [0.29, 0.717) is 53.7 Å². The van der Waals surface area contributed by atoms with E-state index in [4.69, 9.17) is 0 Å². The van der Waals surface area contributed by atoms with Gasteiger partial charge in [-0.3, -0.25) is 14.4 Å². The van der Waals surface area contributed by atoms with Crippen LogP contribution in [0.5, 0.6) is 5.75 Å². The number of carbonyl (C=O) groups excluding carboxylic acids is 3. The van der Waals surface area contributed by atoms with Gasteiger partial charge in [0.05, 0.1) is 0 Å². The van der Waals surface area contributed by atoms with Gasteiger partial charge in [-0.1, -0.05) is 145 Å². The largest absolute Gasteiger partial charge is 0.508 e. The molecule has 2 unspecified atom stereocenters. The first-order valence-electron chi connectivity index (χ1n) is 27.7. The van der Waals surface area contributed by atoms with E-state index in [1.165, 1.54) is 86.9 Å². The van der Waals surface area contributed by atoms with Gasteiger partial charge >= 0.3 is 0 Å². The zero-order valence-electron chi connectivity index (χ0n) is 43.1. The van der Waals surface area contributed by atoms with Crippen molar-refractivity contribution in [3.05, 3.63) is 207 Å². The third-order valence-electron chi connectivity index (χ3n) is 18.6. The number of benzene rings is 6. The maximum absolute atomic E-state index is 12.2. The number of phenolic OH excluding ortho intramolecular Hbond substituents is 1. The van der Waals surface area contributed by atoms with Crippen LogP contribution in [0.4, 0.5) is 0 Å². The standard InChI is InChI=1S/2C23H26O.C22H24O2/c2*1-17-10-11-22-19(14-17)8-5-9-20-15-21(24)12-13-23(20,22)16-18-6-3-2-4-7-18;23-19-9-10-21-17(13-19)7-4-8-18-14-20(24)11-12-22(18,21)15-16-5-2-1-3-6-16/h2*2-4,6-7,10-11,14,20H,5,8-9,12-13,15-16H2,1H3;1-3,5-6,9-10,13,18,23H,4,7-8,11-12,14-15H2/t20-,23+;20-,23-;/m10./s1. The van der Waals surface area contributed by atoms with E-state index in [9.17, 15) is 19.5 Å². The third kappa shape index (κ3) is 10.5. The van der Waals surface area contributed by atoms with E-state index in [2.05, 4.69) is 147 Å². The minimum atomic E-state index is 0.0365. The molecular formula is C68H76O4. The molecular weight excluding hydrogens is 881 g/mol. The van der Waals surface area contributed by atoms with E-state index in [-0.39, 0.29) is 16.2 Å². The van der Waals surface area contributed by atoms with Crippen LogP contribution in [-0.4, -0.2) is 22.5 Å². The zero-order chi connectivity index (χ0) is 49.7. The maximum Gasteiger partial charge on any atom is 0.133 e. The molecule has 6 aliphatic rings. The van der Waals surface area contributed by atoms with Gasteiger partial charge in [-0.05, 0) is 190 Å². The lowest BCUT2D eigenvalue weighted by Gasteiger charge is -2.44. The summed E-state index contributed by atoms with van der Waals surface area (Å²) in [6, 6.07) is 52.4. The Morgan fingerprint density at radius 1 is 0.403 bits per heavy atom. The van der Waals surface area contributed by atoms with Gasteiger partial charge in [0, 0.05) is 54.8 Å². The predicted octanol–water partition coefficient (Wildman–Crippen LogP) is 14.9. The third-order valence-corrected chi connectivity index (χ3v) is 18.6. The summed E-state index contributed by atoms with van der Waals surface area (Å²) in [5.41, 5.74) is 16.0. The van der Waals surface area contributed by atoms with Crippen LogP contribution < -0.4 is 0 Å². The molecule has 0 amide bonds. The van der Waals surface area contributed by atoms with Gasteiger partial charge in [0.25, 0.3) is 0 Å². The molecule has 72 heavy (non-hydrogen) atoms. The van der Waals surface area contributed by atoms with Crippen LogP contribution in [0.3, 0.4) is 0 Å². The van der Waals surface area contributed by atoms with Crippen LogP contribution in [0, 0.1) is 31.6 Å². The second-order valence-corrected chi connectivity index (χ2v) is 23.1. The lowest BCUT2D eigenvalue weighted by Crippen LogP contribution is -2.42. The molecule has 6 atom stereocenters. The topological polar surface area (TPSA) is 71.4 Å². The molecule has 372 valence electrons. The maximum atomic E-state index is 12.2. The van der Waals surface area contributed by atoms with Gasteiger partial charge in [-0.2, -0.15) is 0 Å². The molecule has 0 heterocycles. The molecule has 0 radical (unpaired) electrons. The second kappa shape index (κ2) is 21.7. The molecule has 3 saturated carbocycles. The van der Waals surface area contributed by atoms with Gasteiger partial charge in [0.1, 0.15) is 23.1 Å². The molecule has 6 aromatic carbocycles. The average Bonchev–Trinajstić information content (AvgIpc) is 3.71. The predicted molar refractivity (Wildman–Crippen MR) is 292 cm³/mol. The molecule has 1 N–H and O–H groups in total. The normalized spacial score (nSPS) is 26.4. The number of rotatable bonds is 6. The first kappa shape index (κ1) is 49.7. The summed E-state index contributed by atoms with van der Waals surface area (Å²) in [5.74, 6) is 3.15. The fourth-order valence-electron chi connectivity index (χ4n) is 15.2. The SMILES string of the molecule is Cc1ccc2c(c1)CCC[C@@H]1CC(=O)CC[C@@]21Cc1ccccc1.Cc1ccc2c(c1)CCC[C@H]1CC(=O)CC[C@@]21Cc1ccccc1.O=C1CCC2(Cc3ccccc3)c3ccc(O)cc3CCCC2C1. The smallest absolute Gasteiger partial charge is 0.133 e. The molecule has 0 spiro atoms. The Morgan fingerprint density at radius 3 is 1.07 bits per heavy atom. The summed E-state index contributed by atoms with van der Waals surface area (Å²) in [6.07, 6.45) is 20.9. The van der Waals surface area contributed by atoms with Crippen molar-refractivity contribution in [2.75, 3.05) is 0 Å². The Hall–Kier alpha value is -5.87. The van der Waals surface area contributed by atoms with Crippen molar-refractivity contribution in [3.63, 3.8) is 0 Å². The number of hydrogen-bond acceptors (Lipinski definition) is 4. The Labute approximate surface area is 430 Å². The van der Waals surface area contributed by atoms with Gasteiger partial charge in [0.2, 0.25) is 0 Å². The number of phenols is 1. The summed E-state index contributed by atoms with van der Waals surface area (Å²) in [7, 11) is 0. The molecule has 6 aromatic rings. The monoisotopic (exact) mass is 957 g/mol. The summed E-state index contributed by atoms with van der Waals surface area (Å²) < 4.78 is 0. The van der Waals surface area contributed by atoms with Crippen LogP contribution >= 0.6 is 0 Å². The fraction of sp³-hybridized carbons (Fsp3) is 0.426. The van der Waals surface area contributed by atoms with Crippen molar-refractivity contribution in [1.82, 2.24) is 0 Å². The number of carbonyl (C=O) groups is 3. The van der Waals surface area contributed by atoms with Crippen molar-refractivity contribution in [3.8, 4) is 5.75 Å². The van der Waals surface area contributed by atoms with Crippen molar-refractivity contribution >= 4 is 17.3 Å². The highest BCUT2D eigenvalue weighted by atomic mass is 16.3. The molecule has 6 aliphatic carbocycles. The number of aromatic hydroxyl groups is 1. The Bertz CT molecular complexity index is 2550. The lowest BCUT2D eigenvalue weighted by molar-refractivity contribution is -0.124. The quantitative estimate of drug-likeness (QED) is 0.181. The summed E-state index contributed by atoms with van der Waals surface area (Å²) in [5, 5.41) is 9.94. The van der Waals surface area contributed by atoms with Crippen molar-refractivity contribution in [2.24, 2.45) is 17.8 Å². The zero-order valence-corrected chi connectivity index (χ0v) is 43.1.